The topological polar surface area (TPSA) is 55.8 Å². The number of aryl methyl sites for hydroxylation is 2. The van der Waals surface area contributed by atoms with Gasteiger partial charge in [-0.1, -0.05) is 18.2 Å². The maximum absolute atomic E-state index is 12.3. The van der Waals surface area contributed by atoms with Gasteiger partial charge in [0.05, 0.1) is 0 Å². The van der Waals surface area contributed by atoms with Crippen LogP contribution in [0.5, 0.6) is 0 Å². The Labute approximate surface area is 102 Å². The molecule has 0 amide bonds. The highest BCUT2D eigenvalue weighted by molar-refractivity contribution is 7.54. The van der Waals surface area contributed by atoms with Gasteiger partial charge in [0.25, 0.3) is 0 Å². The summed E-state index contributed by atoms with van der Waals surface area (Å²) in [6.07, 6.45) is 0. The van der Waals surface area contributed by atoms with E-state index in [0.29, 0.717) is 5.56 Å². The average Bonchev–Trinajstić information content (AvgIpc) is 2.31. The van der Waals surface area contributed by atoms with Crippen LogP contribution in [0.2, 0.25) is 0 Å². The van der Waals surface area contributed by atoms with Crippen LogP contribution in [0.15, 0.2) is 18.2 Å². The quantitative estimate of drug-likeness (QED) is 0.843. The number of hydrogen-bond acceptors (Lipinski definition) is 4. The van der Waals surface area contributed by atoms with Gasteiger partial charge in [0.15, 0.2) is 5.34 Å². The molecular weight excluding hydrogens is 239 g/mol. The van der Waals surface area contributed by atoms with Crippen LogP contribution < -0.4 is 0 Å². The van der Waals surface area contributed by atoms with E-state index in [9.17, 15) is 9.67 Å². The zero-order chi connectivity index (χ0) is 13.3. The molecule has 0 aromatic heterocycles. The fourth-order valence-corrected chi connectivity index (χ4v) is 2.94. The fraction of sp³-hybridized carbons (Fsp3) is 0.500. The van der Waals surface area contributed by atoms with E-state index in [4.69, 9.17) is 9.05 Å². The van der Waals surface area contributed by atoms with Gasteiger partial charge in [-0.25, -0.2) is 0 Å². The van der Waals surface area contributed by atoms with Crippen LogP contribution in [-0.4, -0.2) is 19.3 Å². The van der Waals surface area contributed by atoms with Crippen LogP contribution >= 0.6 is 7.60 Å². The Kier molecular flexibility index (Phi) is 4.15. The summed E-state index contributed by atoms with van der Waals surface area (Å²) < 4.78 is 22.0. The second kappa shape index (κ2) is 4.91. The lowest BCUT2D eigenvalue weighted by Gasteiger charge is -2.30. The molecule has 17 heavy (non-hydrogen) atoms. The molecule has 5 heteroatoms. The minimum absolute atomic E-state index is 0.521. The van der Waals surface area contributed by atoms with Gasteiger partial charge in [-0.05, 0) is 37.5 Å². The van der Waals surface area contributed by atoms with Crippen molar-refractivity contribution in [2.75, 3.05) is 14.2 Å². The van der Waals surface area contributed by atoms with Gasteiger partial charge in [-0.2, -0.15) is 0 Å². The number of aliphatic hydroxyl groups is 1. The van der Waals surface area contributed by atoms with Crippen LogP contribution in [0.4, 0.5) is 0 Å². The molecule has 4 nitrogen and oxygen atoms in total. The highest BCUT2D eigenvalue weighted by atomic mass is 31.2. The van der Waals surface area contributed by atoms with Crippen molar-refractivity contribution < 1.29 is 18.7 Å². The Hall–Kier alpha value is -0.670. The van der Waals surface area contributed by atoms with Gasteiger partial charge in [0.1, 0.15) is 0 Å². The van der Waals surface area contributed by atoms with Gasteiger partial charge >= 0.3 is 7.60 Å². The molecule has 1 N–H and O–H groups in total. The van der Waals surface area contributed by atoms with Crippen LogP contribution in [0.3, 0.4) is 0 Å². The standard InChI is InChI=1S/C12H19O4P/c1-9-6-7-11(8-10(9)2)12(3,13)17(14,15-4)16-5/h6-8,13H,1-5H3/t12-/m0/s1. The van der Waals surface area contributed by atoms with Gasteiger partial charge in [0, 0.05) is 14.2 Å². The maximum Gasteiger partial charge on any atom is 0.365 e. The number of hydrogen-bond donors (Lipinski definition) is 1. The molecule has 0 bridgehead atoms. The molecule has 0 radical (unpaired) electrons. The predicted molar refractivity (Wildman–Crippen MR) is 67.1 cm³/mol. The van der Waals surface area contributed by atoms with Gasteiger partial charge in [-0.15, -0.1) is 0 Å². The first kappa shape index (κ1) is 14.4. The number of benzene rings is 1. The summed E-state index contributed by atoms with van der Waals surface area (Å²) in [7, 11) is -1.06. The van der Waals surface area contributed by atoms with E-state index in [0.717, 1.165) is 11.1 Å². The third-order valence-electron chi connectivity index (χ3n) is 3.07. The molecule has 0 aliphatic carbocycles. The summed E-state index contributed by atoms with van der Waals surface area (Å²) in [5.74, 6) is 0. The van der Waals surface area contributed by atoms with Crippen molar-refractivity contribution >= 4 is 7.60 Å². The molecule has 0 unspecified atom stereocenters. The molecule has 1 atom stereocenters. The lowest BCUT2D eigenvalue weighted by Crippen LogP contribution is -2.23. The molecule has 96 valence electrons. The molecular formula is C12H19O4P. The first-order valence-corrected chi connectivity index (χ1v) is 6.84. The van der Waals surface area contributed by atoms with Crippen molar-refractivity contribution in [2.24, 2.45) is 0 Å². The van der Waals surface area contributed by atoms with E-state index < -0.39 is 12.9 Å². The average molecular weight is 258 g/mol. The Morgan fingerprint density at radius 1 is 1.18 bits per heavy atom. The highest BCUT2D eigenvalue weighted by Gasteiger charge is 2.46. The van der Waals surface area contributed by atoms with Gasteiger partial charge < -0.3 is 14.2 Å². The van der Waals surface area contributed by atoms with E-state index in [1.165, 1.54) is 21.1 Å². The fourth-order valence-electron chi connectivity index (χ4n) is 1.62. The first-order valence-electron chi connectivity index (χ1n) is 5.30. The Morgan fingerprint density at radius 2 is 1.71 bits per heavy atom. The smallest absolute Gasteiger partial charge is 0.365 e. The lowest BCUT2D eigenvalue weighted by atomic mass is 10.0. The summed E-state index contributed by atoms with van der Waals surface area (Å²) in [5, 5.41) is 8.75. The normalized spacial score (nSPS) is 15.6. The minimum atomic E-state index is -3.59. The summed E-state index contributed by atoms with van der Waals surface area (Å²) in [5.41, 5.74) is 2.64. The van der Waals surface area contributed by atoms with E-state index in [-0.39, 0.29) is 0 Å². The van der Waals surface area contributed by atoms with E-state index in [1.54, 1.807) is 12.1 Å². The molecule has 0 spiro atoms. The zero-order valence-corrected chi connectivity index (χ0v) is 11.7. The maximum atomic E-state index is 12.3. The van der Waals surface area contributed by atoms with E-state index in [2.05, 4.69) is 0 Å². The molecule has 1 rings (SSSR count). The third-order valence-corrected chi connectivity index (χ3v) is 5.35. The Balaban J connectivity index is 3.30. The SMILES string of the molecule is COP(=O)(OC)[C@](C)(O)c1ccc(C)c(C)c1. The van der Waals surface area contributed by atoms with Crippen molar-refractivity contribution in [3.63, 3.8) is 0 Å². The van der Waals surface area contributed by atoms with Crippen LogP contribution in [0, 0.1) is 13.8 Å². The number of rotatable bonds is 4. The molecule has 0 saturated heterocycles. The Bertz CT molecular complexity index is 446. The van der Waals surface area contributed by atoms with Crippen molar-refractivity contribution in [3.05, 3.63) is 34.9 Å². The molecule has 1 aromatic rings. The molecule has 0 fully saturated rings. The Morgan fingerprint density at radius 3 is 2.12 bits per heavy atom. The molecule has 0 heterocycles. The van der Waals surface area contributed by atoms with Crippen LogP contribution in [0.1, 0.15) is 23.6 Å². The lowest BCUT2D eigenvalue weighted by molar-refractivity contribution is 0.0931. The van der Waals surface area contributed by atoms with Crippen molar-refractivity contribution in [1.82, 2.24) is 0 Å². The third kappa shape index (κ3) is 2.45. The molecule has 0 saturated carbocycles. The van der Waals surface area contributed by atoms with E-state index >= 15 is 0 Å². The summed E-state index contributed by atoms with van der Waals surface area (Å²) in [6, 6.07) is 5.39. The molecule has 0 aliphatic heterocycles. The van der Waals surface area contributed by atoms with Crippen molar-refractivity contribution in [2.45, 2.75) is 26.1 Å². The van der Waals surface area contributed by atoms with Crippen molar-refractivity contribution in [1.29, 1.82) is 0 Å². The summed E-state index contributed by atoms with van der Waals surface area (Å²) >= 11 is 0. The van der Waals surface area contributed by atoms with Gasteiger partial charge in [-0.3, -0.25) is 4.57 Å². The van der Waals surface area contributed by atoms with Crippen LogP contribution in [0.25, 0.3) is 0 Å². The monoisotopic (exact) mass is 258 g/mol. The minimum Gasteiger partial charge on any atom is -0.373 e. The summed E-state index contributed by atoms with van der Waals surface area (Å²) in [6.45, 7) is 5.34. The second-order valence-corrected chi connectivity index (χ2v) is 6.78. The second-order valence-electron chi connectivity index (χ2n) is 4.18. The van der Waals surface area contributed by atoms with Gasteiger partial charge in [0.2, 0.25) is 0 Å². The molecule has 1 aromatic carbocycles. The summed E-state index contributed by atoms with van der Waals surface area (Å²) in [4.78, 5) is 0. The highest BCUT2D eigenvalue weighted by Crippen LogP contribution is 2.62. The van der Waals surface area contributed by atoms with E-state index in [1.807, 2.05) is 19.9 Å². The zero-order valence-electron chi connectivity index (χ0n) is 10.9. The predicted octanol–water partition coefficient (Wildman–Crippen LogP) is 2.95. The largest absolute Gasteiger partial charge is 0.373 e. The first-order chi connectivity index (χ1) is 7.78. The molecule has 0 aliphatic rings. The van der Waals surface area contributed by atoms with Crippen LogP contribution in [-0.2, 0) is 19.0 Å². The van der Waals surface area contributed by atoms with Crippen molar-refractivity contribution in [3.8, 4) is 0 Å².